The number of carbonyl (C=O) groups excluding carboxylic acids is 3. The van der Waals surface area contributed by atoms with Gasteiger partial charge in [0.25, 0.3) is 0 Å². The molecule has 0 saturated carbocycles. The molecule has 2 aromatic rings. The van der Waals surface area contributed by atoms with Gasteiger partial charge in [0, 0.05) is 0 Å². The van der Waals surface area contributed by atoms with Gasteiger partial charge in [-0.3, -0.25) is 0 Å². The van der Waals surface area contributed by atoms with Crippen molar-refractivity contribution in [2.24, 2.45) is 5.92 Å². The summed E-state index contributed by atoms with van der Waals surface area (Å²) in [4.78, 5) is 45.3. The maximum absolute atomic E-state index is 13.0. The molecular weight excluding hydrogens is 387 g/mol. The number of amides is 2. The second kappa shape index (κ2) is 11.5. The van der Waals surface area contributed by atoms with E-state index in [1.807, 2.05) is 44.2 Å². The van der Waals surface area contributed by atoms with Gasteiger partial charge in [-0.15, -0.1) is 0 Å². The summed E-state index contributed by atoms with van der Waals surface area (Å²) in [7, 11) is 0.0269. The van der Waals surface area contributed by atoms with Crippen LogP contribution in [-0.4, -0.2) is 47.2 Å². The molecule has 2 amide bonds. The van der Waals surface area contributed by atoms with E-state index in [1.165, 1.54) is 18.6 Å². The third-order valence-corrected chi connectivity index (χ3v) is 4.17. The Kier molecular flexibility index (Phi) is 8.80. The van der Waals surface area contributed by atoms with Gasteiger partial charge < -0.3 is 0 Å². The number of rotatable bonds is 10. The molecule has 2 atom stereocenters. The molecule has 0 saturated heterocycles. The fourth-order valence-corrected chi connectivity index (χ4v) is 2.79. The summed E-state index contributed by atoms with van der Waals surface area (Å²) in [5, 5.41) is 5.22. The Bertz CT molecular complexity index is 864. The predicted molar refractivity (Wildman–Crippen MR) is 107 cm³/mol. The zero-order valence-electron chi connectivity index (χ0n) is 16.8. The van der Waals surface area contributed by atoms with Gasteiger partial charge in [0.05, 0.1) is 0 Å². The molecule has 0 spiro atoms. The summed E-state index contributed by atoms with van der Waals surface area (Å²) in [6, 6.07) is 7.11. The van der Waals surface area contributed by atoms with Crippen LogP contribution in [0.15, 0.2) is 48.9 Å². The molecule has 0 radical (unpaired) electrons. The van der Waals surface area contributed by atoms with E-state index in [2.05, 4.69) is 25.3 Å². The van der Waals surface area contributed by atoms with E-state index in [0.717, 1.165) is 5.56 Å². The minimum absolute atomic E-state index is 0.0269. The molecule has 0 aliphatic carbocycles. The normalized spacial score (nSPS) is 12.4. The van der Waals surface area contributed by atoms with Gasteiger partial charge in [0.2, 0.25) is 0 Å². The first-order valence-corrected chi connectivity index (χ1v) is 9.46. The van der Waals surface area contributed by atoms with Crippen molar-refractivity contribution in [2.45, 2.75) is 38.8 Å². The Balaban J connectivity index is 2.20. The molecule has 2 rings (SSSR count). The Morgan fingerprint density at radius 2 is 1.80 bits per heavy atom. The molecule has 1 aromatic heterocycles. The molecule has 1 heterocycles. The molecule has 0 unspecified atom stereocenters. The van der Waals surface area contributed by atoms with Gasteiger partial charge in [0.1, 0.15) is 0 Å². The molecule has 9 nitrogen and oxygen atoms in total. The molecule has 0 aliphatic heterocycles. The van der Waals surface area contributed by atoms with E-state index in [0.29, 0.717) is 0 Å². The number of benzene rings is 1. The molecular formula is C20H23BN4O5. The molecule has 0 fully saturated rings. The van der Waals surface area contributed by atoms with Crippen LogP contribution in [0.4, 0.5) is 0 Å². The van der Waals surface area contributed by atoms with Crippen LogP contribution in [-0.2, 0) is 25.4 Å². The van der Waals surface area contributed by atoms with E-state index in [9.17, 15) is 19.1 Å². The molecule has 0 bridgehead atoms. The average molecular weight is 410 g/mol. The predicted octanol–water partition coefficient (Wildman–Crippen LogP) is 0.856. The standard InChI is InChI=1S/C20H23BN4O5/c1-13(2)10-16(20(28)30-21-29)25-18(26)15(11-14-6-4-3-5-7-14)24-19(27)17-12-22-8-9-23-17/h3-9,12-13,15-16H,10-11H2,1-2H3,(H,24,27)(H,25,26)/t15-,16-/m0/s1. The third-order valence-electron chi connectivity index (χ3n) is 4.17. The van der Waals surface area contributed by atoms with Crippen molar-refractivity contribution in [1.82, 2.24) is 20.6 Å². The first-order valence-electron chi connectivity index (χ1n) is 9.46. The molecule has 1 aromatic carbocycles. The number of nitrogens with zero attached hydrogens (tertiary/aromatic N) is 2. The van der Waals surface area contributed by atoms with Crippen LogP contribution in [0.2, 0.25) is 0 Å². The average Bonchev–Trinajstić information content (AvgIpc) is 2.74. The summed E-state index contributed by atoms with van der Waals surface area (Å²) < 4.78 is 15.0. The van der Waals surface area contributed by atoms with Crippen molar-refractivity contribution in [2.75, 3.05) is 0 Å². The van der Waals surface area contributed by atoms with E-state index in [1.54, 1.807) is 0 Å². The quantitative estimate of drug-likeness (QED) is 0.556. The minimum atomic E-state index is -1.02. The first kappa shape index (κ1) is 22.9. The van der Waals surface area contributed by atoms with Gasteiger partial charge in [-0.2, -0.15) is 0 Å². The van der Waals surface area contributed by atoms with Crippen LogP contribution in [0, 0.1) is 5.92 Å². The van der Waals surface area contributed by atoms with Gasteiger partial charge in [-0.25, -0.2) is 0 Å². The summed E-state index contributed by atoms with van der Waals surface area (Å²) in [6.45, 7) is 3.73. The molecule has 10 heteroatoms. The van der Waals surface area contributed by atoms with Crippen molar-refractivity contribution in [3.63, 3.8) is 0 Å². The molecule has 30 heavy (non-hydrogen) atoms. The van der Waals surface area contributed by atoms with Gasteiger partial charge in [-0.05, 0) is 0 Å². The third kappa shape index (κ3) is 7.19. The summed E-state index contributed by atoms with van der Waals surface area (Å²) in [5.74, 6) is -1.96. The van der Waals surface area contributed by atoms with Gasteiger partial charge >= 0.3 is 174 Å². The van der Waals surface area contributed by atoms with Gasteiger partial charge in [0.15, 0.2) is 0 Å². The summed E-state index contributed by atoms with van der Waals surface area (Å²) >= 11 is 0. The van der Waals surface area contributed by atoms with E-state index in [4.69, 9.17) is 0 Å². The molecule has 0 aliphatic rings. The zero-order chi connectivity index (χ0) is 21.9. The number of aromatic nitrogens is 2. The van der Waals surface area contributed by atoms with Crippen LogP contribution in [0.25, 0.3) is 0 Å². The molecule has 2 N–H and O–H groups in total. The number of nitrogens with one attached hydrogen (secondary N) is 2. The van der Waals surface area contributed by atoms with E-state index < -0.39 is 29.9 Å². The second-order valence-corrected chi connectivity index (χ2v) is 7.03. The van der Waals surface area contributed by atoms with Crippen LogP contribution in [0.1, 0.15) is 36.3 Å². The monoisotopic (exact) mass is 410 g/mol. The second-order valence-electron chi connectivity index (χ2n) is 7.03. The Labute approximate surface area is 174 Å². The van der Waals surface area contributed by atoms with Crippen molar-refractivity contribution in [1.29, 1.82) is 0 Å². The van der Waals surface area contributed by atoms with Gasteiger partial charge in [-0.1, -0.05) is 0 Å². The Morgan fingerprint density at radius 3 is 2.40 bits per heavy atom. The number of hydrogen-bond acceptors (Lipinski definition) is 7. The Hall–Kier alpha value is -3.43. The SMILES string of the molecule is CC(C)C[C@H](NC(=O)[C@H](Cc1ccccc1)NC(=O)c1cnccn1)C(=O)OB=O. The zero-order valence-corrected chi connectivity index (χ0v) is 16.8. The van der Waals surface area contributed by atoms with Crippen LogP contribution < -0.4 is 10.6 Å². The number of carbonyl (C=O) groups is 3. The van der Waals surface area contributed by atoms with Crippen LogP contribution in [0.3, 0.4) is 0 Å². The van der Waals surface area contributed by atoms with E-state index >= 15 is 0 Å². The summed E-state index contributed by atoms with van der Waals surface area (Å²) in [5.41, 5.74) is 0.871. The van der Waals surface area contributed by atoms with E-state index in [-0.39, 0.29) is 31.8 Å². The van der Waals surface area contributed by atoms with Crippen molar-refractivity contribution in [3.8, 4) is 0 Å². The maximum atomic E-state index is 13.0. The van der Waals surface area contributed by atoms with Crippen molar-refractivity contribution in [3.05, 3.63) is 60.2 Å². The topological polar surface area (TPSA) is 127 Å². The van der Waals surface area contributed by atoms with Crippen molar-refractivity contribution >= 4 is 25.1 Å². The number of hydrogen-bond donors (Lipinski definition) is 2. The Morgan fingerprint density at radius 1 is 1.07 bits per heavy atom. The fraction of sp³-hybridized carbons (Fsp3) is 0.350. The molecule has 156 valence electrons. The summed E-state index contributed by atoms with van der Waals surface area (Å²) in [6.07, 6.45) is 4.55. The van der Waals surface area contributed by atoms with Crippen LogP contribution in [0.5, 0.6) is 0 Å². The fourth-order valence-electron chi connectivity index (χ4n) is 2.79. The van der Waals surface area contributed by atoms with Crippen molar-refractivity contribution < 1.29 is 23.7 Å². The first-order chi connectivity index (χ1) is 14.4. The van der Waals surface area contributed by atoms with Crippen LogP contribution >= 0.6 is 0 Å².